The normalized spacial score (nSPS) is 16.5. The number of ether oxygens (including phenoxy) is 1. The van der Waals surface area contributed by atoms with Crippen molar-refractivity contribution in [1.82, 2.24) is 4.90 Å². The molecule has 0 N–H and O–H groups in total. The van der Waals surface area contributed by atoms with Crippen LogP contribution >= 0.6 is 11.6 Å². The van der Waals surface area contributed by atoms with Crippen LogP contribution in [0, 0.1) is 6.92 Å². The molecule has 2 rings (SSSR count). The Bertz CT molecular complexity index is 641. The van der Waals surface area contributed by atoms with Gasteiger partial charge in [0.15, 0.2) is 0 Å². The van der Waals surface area contributed by atoms with Crippen LogP contribution in [-0.4, -0.2) is 29.7 Å². The lowest BCUT2D eigenvalue weighted by atomic mass is 9.81. The molecule has 0 unspecified atom stereocenters. The Morgan fingerprint density at radius 3 is 2.64 bits per heavy atom. The highest BCUT2D eigenvalue weighted by molar-refractivity contribution is 6.31. The second-order valence-electron chi connectivity index (χ2n) is 6.47. The number of amides is 1. The van der Waals surface area contributed by atoms with Crippen LogP contribution in [0.4, 0.5) is 4.79 Å². The number of likely N-dealkylation sites (tertiary alicyclic amines) is 1. The highest BCUT2D eigenvalue weighted by Crippen LogP contribution is 2.40. The fraction of sp³-hybridized carbons (Fsp3) is 0.533. The SMILES string of the molecule is Cc1c(Cl)cccc1C1(N=[N+]=[N-])CN(C(=O)OC(C)(C)C)C1. The number of benzene rings is 1. The van der Waals surface area contributed by atoms with E-state index in [4.69, 9.17) is 21.9 Å². The van der Waals surface area contributed by atoms with Gasteiger partial charge in [-0.25, -0.2) is 4.79 Å². The second-order valence-corrected chi connectivity index (χ2v) is 6.88. The molecule has 1 saturated heterocycles. The molecule has 0 bridgehead atoms. The minimum atomic E-state index is -0.777. The van der Waals surface area contributed by atoms with Crippen LogP contribution in [0.15, 0.2) is 23.3 Å². The molecule has 1 amide bonds. The molecule has 118 valence electrons. The monoisotopic (exact) mass is 322 g/mol. The summed E-state index contributed by atoms with van der Waals surface area (Å²) in [6.45, 7) is 7.88. The molecule has 22 heavy (non-hydrogen) atoms. The van der Waals surface area contributed by atoms with Gasteiger partial charge in [-0.15, -0.1) is 0 Å². The maximum absolute atomic E-state index is 12.1. The predicted octanol–water partition coefficient (Wildman–Crippen LogP) is 4.40. The van der Waals surface area contributed by atoms with Gasteiger partial charge in [-0.05, 0) is 50.4 Å². The zero-order chi connectivity index (χ0) is 16.5. The quantitative estimate of drug-likeness (QED) is 0.459. The van der Waals surface area contributed by atoms with Crippen molar-refractivity contribution in [3.05, 3.63) is 44.8 Å². The van der Waals surface area contributed by atoms with Crippen LogP contribution < -0.4 is 0 Å². The number of halogens is 1. The number of rotatable bonds is 2. The van der Waals surface area contributed by atoms with Crippen LogP contribution in [0.5, 0.6) is 0 Å². The van der Waals surface area contributed by atoms with E-state index in [1.54, 1.807) is 6.07 Å². The fourth-order valence-electron chi connectivity index (χ4n) is 2.53. The Morgan fingerprint density at radius 1 is 1.45 bits per heavy atom. The molecule has 1 heterocycles. The van der Waals surface area contributed by atoms with E-state index in [0.717, 1.165) is 11.1 Å². The summed E-state index contributed by atoms with van der Waals surface area (Å²) in [4.78, 5) is 16.5. The maximum atomic E-state index is 12.1. The maximum Gasteiger partial charge on any atom is 0.410 e. The Balaban J connectivity index is 2.23. The minimum absolute atomic E-state index is 0.285. The Hall–Kier alpha value is -1.91. The van der Waals surface area contributed by atoms with Crippen LogP contribution in [-0.2, 0) is 10.3 Å². The number of hydrogen-bond donors (Lipinski definition) is 0. The van der Waals surface area contributed by atoms with Crippen LogP contribution in [0.2, 0.25) is 5.02 Å². The molecule has 1 aliphatic rings. The van der Waals surface area contributed by atoms with Gasteiger partial charge in [-0.1, -0.05) is 28.8 Å². The first-order chi connectivity index (χ1) is 10.2. The van der Waals surface area contributed by atoms with Gasteiger partial charge in [0.25, 0.3) is 0 Å². The Labute approximate surface area is 134 Å². The first-order valence-electron chi connectivity index (χ1n) is 6.98. The molecule has 0 aliphatic carbocycles. The largest absolute Gasteiger partial charge is 0.444 e. The number of carbonyl (C=O) groups excluding carboxylic acids is 1. The Kier molecular flexibility index (Phi) is 4.27. The summed E-state index contributed by atoms with van der Waals surface area (Å²) in [5.74, 6) is 0. The first-order valence-corrected chi connectivity index (χ1v) is 7.36. The average molecular weight is 323 g/mol. The average Bonchev–Trinajstić information content (AvgIpc) is 2.35. The lowest BCUT2D eigenvalue weighted by Crippen LogP contribution is -2.61. The van der Waals surface area contributed by atoms with Gasteiger partial charge in [0.2, 0.25) is 0 Å². The van der Waals surface area contributed by atoms with Gasteiger partial charge in [-0.2, -0.15) is 0 Å². The molecular weight excluding hydrogens is 304 g/mol. The van der Waals surface area contributed by atoms with E-state index in [2.05, 4.69) is 10.0 Å². The van der Waals surface area contributed by atoms with E-state index in [1.165, 1.54) is 4.90 Å². The van der Waals surface area contributed by atoms with Gasteiger partial charge in [0, 0.05) is 23.0 Å². The van der Waals surface area contributed by atoms with Crippen molar-refractivity contribution in [3.63, 3.8) is 0 Å². The van der Waals surface area contributed by atoms with E-state index in [-0.39, 0.29) is 13.1 Å². The van der Waals surface area contributed by atoms with Gasteiger partial charge < -0.3 is 9.64 Å². The molecule has 1 aliphatic heterocycles. The number of carbonyl (C=O) groups is 1. The standard InChI is InChI=1S/C15H19ClN4O2/c1-10-11(6-5-7-12(10)16)15(18-19-17)8-20(9-15)13(21)22-14(2,3)4/h5-7H,8-9H2,1-4H3. The summed E-state index contributed by atoms with van der Waals surface area (Å²) in [5, 5.41) is 4.55. The molecule has 0 spiro atoms. The molecule has 1 fully saturated rings. The van der Waals surface area contributed by atoms with E-state index in [1.807, 2.05) is 39.8 Å². The summed E-state index contributed by atoms with van der Waals surface area (Å²) >= 11 is 6.15. The molecule has 1 aromatic carbocycles. The summed E-state index contributed by atoms with van der Waals surface area (Å²) in [5.41, 5.74) is 9.26. The Morgan fingerprint density at radius 2 is 2.09 bits per heavy atom. The number of azide groups is 1. The van der Waals surface area contributed by atoms with E-state index >= 15 is 0 Å². The third-order valence-electron chi connectivity index (χ3n) is 3.56. The van der Waals surface area contributed by atoms with Crippen molar-refractivity contribution in [1.29, 1.82) is 0 Å². The minimum Gasteiger partial charge on any atom is -0.444 e. The molecule has 0 saturated carbocycles. The van der Waals surface area contributed by atoms with E-state index < -0.39 is 17.2 Å². The molecule has 0 atom stereocenters. The van der Waals surface area contributed by atoms with Crippen molar-refractivity contribution >= 4 is 17.7 Å². The second kappa shape index (κ2) is 5.71. The summed E-state index contributed by atoms with van der Waals surface area (Å²) in [6.07, 6.45) is -0.407. The van der Waals surface area contributed by atoms with Crippen molar-refractivity contribution in [2.45, 2.75) is 38.8 Å². The highest BCUT2D eigenvalue weighted by Gasteiger charge is 2.48. The lowest BCUT2D eigenvalue weighted by molar-refractivity contribution is -0.00885. The number of nitrogens with zero attached hydrogens (tertiary/aromatic N) is 4. The van der Waals surface area contributed by atoms with E-state index in [9.17, 15) is 4.79 Å². The van der Waals surface area contributed by atoms with Crippen LogP contribution in [0.25, 0.3) is 10.4 Å². The summed E-state index contributed by atoms with van der Waals surface area (Å²) in [6, 6.07) is 5.48. The molecule has 7 heteroatoms. The number of hydrogen-bond acceptors (Lipinski definition) is 3. The molecule has 1 aromatic rings. The first kappa shape index (κ1) is 16.5. The lowest BCUT2D eigenvalue weighted by Gasteiger charge is -2.47. The van der Waals surface area contributed by atoms with Gasteiger partial charge in [-0.3, -0.25) is 0 Å². The third-order valence-corrected chi connectivity index (χ3v) is 3.97. The topological polar surface area (TPSA) is 78.3 Å². The van der Waals surface area contributed by atoms with Crippen molar-refractivity contribution in [3.8, 4) is 0 Å². The molecule has 0 aromatic heterocycles. The van der Waals surface area contributed by atoms with Crippen LogP contribution in [0.1, 0.15) is 31.9 Å². The van der Waals surface area contributed by atoms with Crippen molar-refractivity contribution < 1.29 is 9.53 Å². The molecular formula is C15H19ClN4O2. The zero-order valence-electron chi connectivity index (χ0n) is 13.1. The van der Waals surface area contributed by atoms with Crippen molar-refractivity contribution in [2.24, 2.45) is 5.11 Å². The van der Waals surface area contributed by atoms with Crippen LogP contribution in [0.3, 0.4) is 0 Å². The zero-order valence-corrected chi connectivity index (χ0v) is 13.9. The van der Waals surface area contributed by atoms with Gasteiger partial charge in [0.05, 0.1) is 0 Å². The van der Waals surface area contributed by atoms with Gasteiger partial charge in [0.1, 0.15) is 11.1 Å². The molecule has 6 nitrogen and oxygen atoms in total. The van der Waals surface area contributed by atoms with E-state index in [0.29, 0.717) is 5.02 Å². The fourth-order valence-corrected chi connectivity index (χ4v) is 2.70. The summed E-state index contributed by atoms with van der Waals surface area (Å²) < 4.78 is 5.33. The smallest absolute Gasteiger partial charge is 0.410 e. The van der Waals surface area contributed by atoms with Crippen molar-refractivity contribution in [2.75, 3.05) is 13.1 Å². The van der Waals surface area contributed by atoms with Gasteiger partial charge >= 0.3 is 6.09 Å². The summed E-state index contributed by atoms with van der Waals surface area (Å²) in [7, 11) is 0. The predicted molar refractivity (Wildman–Crippen MR) is 84.8 cm³/mol. The molecule has 0 radical (unpaired) electrons. The third kappa shape index (κ3) is 3.13. The highest BCUT2D eigenvalue weighted by atomic mass is 35.5.